The van der Waals surface area contributed by atoms with Crippen molar-refractivity contribution in [2.24, 2.45) is 21.1 Å². The minimum Gasteiger partial charge on any atom is -0.508 e. The maximum atomic E-state index is 13.9. The molecule has 2 atom stereocenters. The highest BCUT2D eigenvalue weighted by atomic mass is 35.5. The Morgan fingerprint density at radius 1 is 0.672 bits per heavy atom. The molecule has 3 aromatic carbocycles. The third-order valence-corrected chi connectivity index (χ3v) is 11.8. The average molecular weight is 893 g/mol. The van der Waals surface area contributed by atoms with Gasteiger partial charge in [0.15, 0.2) is 5.84 Å². The van der Waals surface area contributed by atoms with E-state index in [9.17, 15) is 19.5 Å². The Bertz CT molecular complexity index is 1950. The van der Waals surface area contributed by atoms with Crippen molar-refractivity contribution in [3.05, 3.63) is 73.6 Å². The zero-order chi connectivity index (χ0) is 41.6. The normalized spacial score (nSPS) is 17.8. The largest absolute Gasteiger partial charge is 0.508 e. The molecule has 0 unspecified atom stereocenters. The van der Waals surface area contributed by atoms with E-state index < -0.39 is 17.9 Å². The molecule has 15 heteroatoms. The number of hydrazine groups is 1. The van der Waals surface area contributed by atoms with Crippen molar-refractivity contribution < 1.29 is 19.5 Å². The predicted octanol–water partition coefficient (Wildman–Crippen LogP) is 13.9. The molecule has 0 saturated carbocycles. The summed E-state index contributed by atoms with van der Waals surface area (Å²) >= 11 is 31.9. The monoisotopic (exact) mass is 890 g/mol. The fourth-order valence-electron chi connectivity index (χ4n) is 7.26. The van der Waals surface area contributed by atoms with Crippen LogP contribution in [0.3, 0.4) is 0 Å². The predicted molar refractivity (Wildman–Crippen MR) is 237 cm³/mol. The number of anilines is 2. The first kappa shape index (κ1) is 45.7. The van der Waals surface area contributed by atoms with Gasteiger partial charge in [0.25, 0.3) is 5.91 Å². The first-order chi connectivity index (χ1) is 28.0. The smallest absolute Gasteiger partial charge is 0.280 e. The van der Waals surface area contributed by atoms with Gasteiger partial charge in [-0.3, -0.25) is 24.7 Å². The van der Waals surface area contributed by atoms with Crippen LogP contribution in [0.25, 0.3) is 0 Å². The lowest BCUT2D eigenvalue weighted by Gasteiger charge is -2.19. The Balaban J connectivity index is 1.19. The van der Waals surface area contributed by atoms with Crippen molar-refractivity contribution in [3.63, 3.8) is 0 Å². The van der Waals surface area contributed by atoms with Crippen LogP contribution < -0.4 is 15.3 Å². The number of aromatic hydroxyl groups is 1. The number of imide groups is 1. The number of carbonyl (C=O) groups excluding carboxylic acids is 3. The number of carbonyl (C=O) groups is 3. The van der Waals surface area contributed by atoms with Gasteiger partial charge in [0.1, 0.15) is 17.1 Å². The number of phenolic OH excluding ortho intramolecular Hbond substituents is 1. The maximum absolute atomic E-state index is 13.9. The van der Waals surface area contributed by atoms with Crippen LogP contribution >= 0.6 is 58.0 Å². The fraction of sp³-hybridized carbons (Fsp3) is 0.488. The zero-order valence-corrected chi connectivity index (χ0v) is 36.6. The number of amidine groups is 1. The van der Waals surface area contributed by atoms with Gasteiger partial charge >= 0.3 is 0 Å². The molecular weight excluding hydrogens is 842 g/mol. The van der Waals surface area contributed by atoms with Gasteiger partial charge in [-0.15, -0.1) is 0 Å². The van der Waals surface area contributed by atoms with E-state index in [1.54, 1.807) is 6.07 Å². The maximum Gasteiger partial charge on any atom is 0.280 e. The Kier molecular flexibility index (Phi) is 18.0. The summed E-state index contributed by atoms with van der Waals surface area (Å²) < 4.78 is 0. The van der Waals surface area contributed by atoms with Gasteiger partial charge in [0.2, 0.25) is 17.9 Å². The van der Waals surface area contributed by atoms with Crippen LogP contribution in [-0.2, 0) is 14.4 Å². The molecule has 2 saturated heterocycles. The number of nitrogens with zero attached hydrogens (tertiary/aromatic N) is 5. The van der Waals surface area contributed by atoms with Crippen molar-refractivity contribution in [1.82, 2.24) is 5.43 Å². The summed E-state index contributed by atoms with van der Waals surface area (Å²) in [6.45, 7) is 2.26. The summed E-state index contributed by atoms with van der Waals surface area (Å²) in [7, 11) is 0. The average Bonchev–Trinajstić information content (AvgIpc) is 3.63. The van der Waals surface area contributed by atoms with Gasteiger partial charge in [-0.25, -0.2) is 10.0 Å². The second-order valence-electron chi connectivity index (χ2n) is 15.0. The fourth-order valence-corrected chi connectivity index (χ4v) is 8.62. The zero-order valence-electron chi connectivity index (χ0n) is 32.8. The number of benzene rings is 3. The molecule has 0 bridgehead atoms. The minimum atomic E-state index is -1.36. The molecule has 0 aliphatic carbocycles. The molecule has 0 radical (unpaired) electrons. The summed E-state index contributed by atoms with van der Waals surface area (Å²) in [5.41, 5.74) is 3.68. The number of rotatable bonds is 22. The summed E-state index contributed by atoms with van der Waals surface area (Å²) in [6, 6.07) is 10.3. The van der Waals surface area contributed by atoms with Crippen LogP contribution in [0.2, 0.25) is 25.1 Å². The molecule has 2 N–H and O–H groups in total. The summed E-state index contributed by atoms with van der Waals surface area (Å²) in [5, 5.41) is 20.0. The second kappa shape index (κ2) is 22.8. The van der Waals surface area contributed by atoms with Crippen LogP contribution in [0.4, 0.5) is 22.7 Å². The lowest BCUT2D eigenvalue weighted by Crippen LogP contribution is -2.36. The summed E-state index contributed by atoms with van der Waals surface area (Å²) in [4.78, 5) is 46.5. The molecule has 0 aromatic heterocycles. The quantitative estimate of drug-likeness (QED) is 0.0590. The molecule has 5 rings (SSSR count). The van der Waals surface area contributed by atoms with Gasteiger partial charge in [0.05, 0.1) is 31.5 Å². The standard InChI is InChI=1S/C43H51Cl5N6O4/c1-2-3-4-5-6-7-8-9-10-11-12-13-14-15-16-17-18-28-23-38(56)53(42(28)57)30-19-21-32(45)37(26-30)49-41-39(51-50-36-22-20-31(55)27-33(36)46)43(58)54(52-41)40-34(47)24-29(44)25-35(40)48/h19-22,24-28,39,55H,2-18,23H2,1H3,(H,49,52)/t28-,39+/m0/s1. The van der Waals surface area contributed by atoms with Crippen molar-refractivity contribution in [3.8, 4) is 5.75 Å². The SMILES string of the molecule is CCCCCCCCCCCCCCCCCC[C@H]1CC(=O)N(c2ccc(Cl)c(N=C3NN(c4c(Cl)cc(Cl)cc4Cl)C(=O)[C@@H]3N=Nc3ccc(O)cc3Cl)c2)C1=O. The van der Waals surface area contributed by atoms with Gasteiger partial charge in [0, 0.05) is 23.4 Å². The van der Waals surface area contributed by atoms with E-state index in [-0.39, 0.29) is 72.0 Å². The number of aliphatic imine (C=N–C) groups is 1. The van der Waals surface area contributed by atoms with Gasteiger partial charge in [-0.2, -0.15) is 10.2 Å². The van der Waals surface area contributed by atoms with E-state index in [0.29, 0.717) is 12.1 Å². The second-order valence-corrected chi connectivity index (χ2v) is 17.0. The number of halogens is 5. The molecule has 312 valence electrons. The number of nitrogens with one attached hydrogen (secondary N) is 1. The summed E-state index contributed by atoms with van der Waals surface area (Å²) in [6.07, 6.45) is 21.1. The molecule has 10 nitrogen and oxygen atoms in total. The van der Waals surface area contributed by atoms with Crippen molar-refractivity contribution >= 4 is 104 Å². The highest BCUT2D eigenvalue weighted by Gasteiger charge is 2.42. The van der Waals surface area contributed by atoms with Gasteiger partial charge in [-0.1, -0.05) is 168 Å². The van der Waals surface area contributed by atoms with Crippen LogP contribution in [-0.4, -0.2) is 34.7 Å². The van der Waals surface area contributed by atoms with E-state index in [1.807, 2.05) is 0 Å². The van der Waals surface area contributed by atoms with Crippen LogP contribution in [0.15, 0.2) is 63.8 Å². The Morgan fingerprint density at radius 2 is 1.26 bits per heavy atom. The number of phenols is 1. The van der Waals surface area contributed by atoms with Crippen molar-refractivity contribution in [2.45, 2.75) is 129 Å². The first-order valence-electron chi connectivity index (χ1n) is 20.4. The molecular formula is C43H51Cl5N6O4. The van der Waals surface area contributed by atoms with E-state index >= 15 is 0 Å². The number of amides is 3. The van der Waals surface area contributed by atoms with E-state index in [4.69, 9.17) is 58.0 Å². The van der Waals surface area contributed by atoms with Crippen molar-refractivity contribution in [2.75, 3.05) is 9.91 Å². The lowest BCUT2D eigenvalue weighted by atomic mass is 9.98. The molecule has 3 amide bonds. The van der Waals surface area contributed by atoms with E-state index in [1.165, 1.54) is 131 Å². The Hall–Kier alpha value is -3.41. The van der Waals surface area contributed by atoms with Crippen LogP contribution in [0.1, 0.15) is 122 Å². The van der Waals surface area contributed by atoms with E-state index in [0.717, 1.165) is 24.3 Å². The Labute approximate surface area is 366 Å². The number of hydrogen-bond acceptors (Lipinski definition) is 7. The molecule has 2 fully saturated rings. The summed E-state index contributed by atoms with van der Waals surface area (Å²) in [5.74, 6) is -1.66. The first-order valence-corrected chi connectivity index (χ1v) is 22.3. The van der Waals surface area contributed by atoms with E-state index in [2.05, 4.69) is 27.6 Å². The van der Waals surface area contributed by atoms with Gasteiger partial charge in [-0.05, 0) is 48.9 Å². The topological polar surface area (TPSA) is 127 Å². The molecule has 2 heterocycles. The Morgan fingerprint density at radius 3 is 1.84 bits per heavy atom. The third kappa shape index (κ3) is 12.6. The third-order valence-electron chi connectivity index (χ3n) is 10.4. The number of hydrogen-bond donors (Lipinski definition) is 2. The molecule has 58 heavy (non-hydrogen) atoms. The molecule has 0 spiro atoms. The molecule has 3 aromatic rings. The number of unbranched alkanes of at least 4 members (excludes halogenated alkanes) is 15. The minimum absolute atomic E-state index is 0.00904. The highest BCUT2D eigenvalue weighted by Crippen LogP contribution is 2.40. The lowest BCUT2D eigenvalue weighted by molar-refractivity contribution is -0.122. The number of azo groups is 1. The highest BCUT2D eigenvalue weighted by molar-refractivity contribution is 6.43. The molecule has 2 aliphatic rings. The van der Waals surface area contributed by atoms with Crippen LogP contribution in [0.5, 0.6) is 5.75 Å². The van der Waals surface area contributed by atoms with Crippen molar-refractivity contribution in [1.29, 1.82) is 0 Å². The molecule has 2 aliphatic heterocycles. The van der Waals surface area contributed by atoms with Crippen LogP contribution in [0, 0.1) is 5.92 Å². The van der Waals surface area contributed by atoms with Gasteiger partial charge < -0.3 is 5.11 Å².